The van der Waals surface area contributed by atoms with Crippen molar-refractivity contribution in [2.24, 2.45) is 34.0 Å². The Hall–Kier alpha value is -1.36. The zero-order chi connectivity index (χ0) is 17.9. The van der Waals surface area contributed by atoms with Gasteiger partial charge in [0, 0.05) is 6.42 Å². The van der Waals surface area contributed by atoms with Crippen LogP contribution in [0.3, 0.4) is 0 Å². The Labute approximate surface area is 152 Å². The van der Waals surface area contributed by atoms with Crippen LogP contribution in [0.25, 0.3) is 0 Å². The molecule has 0 spiro atoms. The zero-order valence-corrected chi connectivity index (χ0v) is 15.8. The molecule has 0 bridgehead atoms. The third-order valence-corrected chi connectivity index (χ3v) is 9.03. The van der Waals surface area contributed by atoms with Crippen molar-refractivity contribution in [1.82, 2.24) is 0 Å². The molecule has 0 saturated heterocycles. The summed E-state index contributed by atoms with van der Waals surface area (Å²) in [7, 11) is 0. The highest BCUT2D eigenvalue weighted by molar-refractivity contribution is 5.91. The smallest absolute Gasteiger partial charge is 0.155 e. The average molecular weight is 338 g/mol. The molecular weight excluding hydrogens is 306 g/mol. The number of rotatable bonds is 2. The van der Waals surface area contributed by atoms with Crippen LogP contribution in [0, 0.1) is 45.3 Å². The molecule has 0 N–H and O–H groups in total. The molecule has 0 aromatic heterocycles. The van der Waals surface area contributed by atoms with Gasteiger partial charge in [-0.05, 0) is 86.0 Å². The Morgan fingerprint density at radius 1 is 1.20 bits per heavy atom. The van der Waals surface area contributed by atoms with Gasteiger partial charge in [-0.2, -0.15) is 5.26 Å². The molecule has 0 heterocycles. The lowest BCUT2D eigenvalue weighted by Gasteiger charge is -2.59. The average Bonchev–Trinajstić information content (AvgIpc) is 2.89. The van der Waals surface area contributed by atoms with Gasteiger partial charge in [0.2, 0.25) is 0 Å². The lowest BCUT2D eigenvalue weighted by Crippen LogP contribution is -2.52. The molecule has 6 atom stereocenters. The van der Waals surface area contributed by atoms with E-state index in [-0.39, 0.29) is 16.2 Å². The largest absolute Gasteiger partial charge is 0.295 e. The third-order valence-electron chi connectivity index (χ3n) is 9.03. The highest BCUT2D eigenvalue weighted by Crippen LogP contribution is 2.70. The Morgan fingerprint density at radius 2 is 1.96 bits per heavy atom. The summed E-state index contributed by atoms with van der Waals surface area (Å²) in [5, 5.41) is 10.1. The van der Waals surface area contributed by atoms with E-state index in [1.165, 1.54) is 24.8 Å². The summed E-state index contributed by atoms with van der Waals surface area (Å²) in [6.07, 6.45) is 13.5. The van der Waals surface area contributed by atoms with Gasteiger partial charge < -0.3 is 0 Å². The van der Waals surface area contributed by atoms with Crippen molar-refractivity contribution < 1.29 is 4.79 Å². The number of hydrogen-bond acceptors (Lipinski definition) is 2. The number of ketones is 1. The molecule has 0 aromatic carbocycles. The molecule has 3 fully saturated rings. The molecule has 4 aliphatic carbocycles. The maximum Gasteiger partial charge on any atom is 0.155 e. The lowest BCUT2D eigenvalue weighted by molar-refractivity contribution is -0.117. The van der Waals surface area contributed by atoms with Crippen LogP contribution in [0.2, 0.25) is 0 Å². The number of hydrogen-bond donors (Lipinski definition) is 0. The third kappa shape index (κ3) is 2.11. The number of carbonyl (C=O) groups is 1. The van der Waals surface area contributed by atoms with Crippen LogP contribution in [0.5, 0.6) is 0 Å². The number of nitriles is 1. The zero-order valence-electron chi connectivity index (χ0n) is 15.8. The van der Waals surface area contributed by atoms with Crippen LogP contribution < -0.4 is 0 Å². The fourth-order valence-electron chi connectivity index (χ4n) is 7.50. The maximum absolute atomic E-state index is 11.9. The van der Waals surface area contributed by atoms with E-state index < -0.39 is 0 Å². The number of fused-ring (bicyclic) bond motifs is 5. The monoisotopic (exact) mass is 337 g/mol. The quantitative estimate of drug-likeness (QED) is 0.615. The molecule has 0 amide bonds. The topological polar surface area (TPSA) is 40.9 Å². The van der Waals surface area contributed by atoms with Crippen LogP contribution in [0.4, 0.5) is 0 Å². The van der Waals surface area contributed by atoms with Gasteiger partial charge in [-0.3, -0.25) is 4.79 Å². The highest BCUT2D eigenvalue weighted by Gasteiger charge is 2.64. The van der Waals surface area contributed by atoms with E-state index in [1.54, 1.807) is 0 Å². The summed E-state index contributed by atoms with van der Waals surface area (Å²) in [5.41, 5.74) is 1.60. The molecule has 4 aliphatic rings. The second-order valence-electron chi connectivity index (χ2n) is 9.65. The minimum Gasteiger partial charge on any atom is -0.295 e. The van der Waals surface area contributed by atoms with E-state index in [1.807, 2.05) is 12.2 Å². The van der Waals surface area contributed by atoms with Crippen molar-refractivity contribution in [3.63, 3.8) is 0 Å². The summed E-state index contributed by atoms with van der Waals surface area (Å²) in [6, 6.07) is 2.76. The molecule has 0 aromatic rings. The first kappa shape index (κ1) is 17.1. The number of carbonyl (C=O) groups excluding carboxylic acids is 1. The molecule has 2 heteroatoms. The van der Waals surface area contributed by atoms with Crippen molar-refractivity contribution in [3.05, 3.63) is 24.3 Å². The first-order chi connectivity index (χ1) is 11.9. The molecule has 0 radical (unpaired) electrons. The van der Waals surface area contributed by atoms with Gasteiger partial charge >= 0.3 is 0 Å². The van der Waals surface area contributed by atoms with Gasteiger partial charge in [-0.25, -0.2) is 0 Å². The van der Waals surface area contributed by atoms with Crippen molar-refractivity contribution >= 4 is 5.78 Å². The standard InChI is InChI=1S/C23H31NO/c1-4-10-23(15-24)13-9-20-18-6-5-16-14-17(25)7-11-21(16,2)19(18)8-12-22(20,23)3/h4,14,18-20H,1,5-13H2,2-3H3. The summed E-state index contributed by atoms with van der Waals surface area (Å²) in [6.45, 7) is 8.79. The van der Waals surface area contributed by atoms with E-state index in [0.717, 1.165) is 44.4 Å². The van der Waals surface area contributed by atoms with Crippen LogP contribution in [-0.4, -0.2) is 5.78 Å². The predicted octanol–water partition coefficient (Wildman–Crippen LogP) is 5.60. The van der Waals surface area contributed by atoms with Crippen LogP contribution >= 0.6 is 0 Å². The van der Waals surface area contributed by atoms with Crippen molar-refractivity contribution in [2.75, 3.05) is 0 Å². The van der Waals surface area contributed by atoms with Gasteiger partial charge in [0.25, 0.3) is 0 Å². The first-order valence-corrected chi connectivity index (χ1v) is 10.2. The minimum absolute atomic E-state index is 0.138. The van der Waals surface area contributed by atoms with E-state index >= 15 is 0 Å². The van der Waals surface area contributed by atoms with Gasteiger partial charge in [0.1, 0.15) is 0 Å². The Morgan fingerprint density at radius 3 is 2.68 bits per heavy atom. The van der Waals surface area contributed by atoms with Crippen molar-refractivity contribution in [3.8, 4) is 6.07 Å². The molecule has 4 rings (SSSR count). The van der Waals surface area contributed by atoms with E-state index in [9.17, 15) is 10.1 Å². The molecule has 0 aliphatic heterocycles. The van der Waals surface area contributed by atoms with Gasteiger partial charge in [-0.1, -0.05) is 25.5 Å². The van der Waals surface area contributed by atoms with Crippen molar-refractivity contribution in [2.45, 2.75) is 71.6 Å². The lowest BCUT2D eigenvalue weighted by atomic mass is 9.45. The van der Waals surface area contributed by atoms with Crippen molar-refractivity contribution in [1.29, 1.82) is 5.26 Å². The highest BCUT2D eigenvalue weighted by atomic mass is 16.1. The van der Waals surface area contributed by atoms with E-state index in [2.05, 4.69) is 26.5 Å². The first-order valence-electron chi connectivity index (χ1n) is 10.2. The van der Waals surface area contributed by atoms with Gasteiger partial charge in [0.15, 0.2) is 5.78 Å². The predicted molar refractivity (Wildman–Crippen MR) is 99.6 cm³/mol. The summed E-state index contributed by atoms with van der Waals surface area (Å²) >= 11 is 0. The molecule has 6 unspecified atom stereocenters. The second-order valence-corrected chi connectivity index (χ2v) is 9.65. The Kier molecular flexibility index (Phi) is 3.80. The molecule has 25 heavy (non-hydrogen) atoms. The molecular formula is C23H31NO. The summed E-state index contributed by atoms with van der Waals surface area (Å²) in [5.74, 6) is 2.44. The SMILES string of the molecule is C=CCC1(C#N)CCC2C3CCC4=CC(=O)CCC4(C)C3CCC21C. The molecule has 134 valence electrons. The van der Waals surface area contributed by atoms with Crippen LogP contribution in [-0.2, 0) is 4.79 Å². The second kappa shape index (κ2) is 5.57. The number of nitrogens with zero attached hydrogens (tertiary/aromatic N) is 1. The Balaban J connectivity index is 1.69. The minimum atomic E-state index is -0.204. The Bertz CT molecular complexity index is 685. The number of allylic oxidation sites excluding steroid dienone is 2. The summed E-state index contributed by atoms with van der Waals surface area (Å²) < 4.78 is 0. The summed E-state index contributed by atoms with van der Waals surface area (Å²) in [4.78, 5) is 11.9. The fraction of sp³-hybridized carbons (Fsp3) is 0.739. The van der Waals surface area contributed by atoms with E-state index in [0.29, 0.717) is 17.6 Å². The van der Waals surface area contributed by atoms with E-state index in [4.69, 9.17) is 0 Å². The fourth-order valence-corrected chi connectivity index (χ4v) is 7.50. The molecule has 2 nitrogen and oxygen atoms in total. The van der Waals surface area contributed by atoms with Gasteiger partial charge in [0.05, 0.1) is 11.5 Å². The van der Waals surface area contributed by atoms with Crippen LogP contribution in [0.1, 0.15) is 71.6 Å². The maximum atomic E-state index is 11.9. The van der Waals surface area contributed by atoms with Gasteiger partial charge in [-0.15, -0.1) is 6.58 Å². The molecule has 3 saturated carbocycles. The van der Waals surface area contributed by atoms with Crippen LogP contribution in [0.15, 0.2) is 24.3 Å². The normalized spacial score (nSPS) is 48.6.